The highest BCUT2D eigenvalue weighted by Gasteiger charge is 2.20. The zero-order valence-corrected chi connectivity index (χ0v) is 8.85. The van der Waals surface area contributed by atoms with E-state index in [0.717, 1.165) is 25.9 Å². The molecule has 2 rings (SSSR count). The van der Waals surface area contributed by atoms with Gasteiger partial charge in [-0.15, -0.1) is 12.3 Å². The molecule has 84 valence electrons. The molecule has 4 nitrogen and oxygen atoms in total. The number of anilines is 1. The number of nitrogens with zero attached hydrogens (tertiary/aromatic N) is 1. The number of hydrogen-bond acceptors (Lipinski definition) is 3. The number of aromatic carboxylic acids is 1. The smallest absolute Gasteiger partial charge is 0.371 e. The van der Waals surface area contributed by atoms with Crippen LogP contribution in [0.5, 0.6) is 0 Å². The molecule has 0 aromatic carbocycles. The van der Waals surface area contributed by atoms with Crippen molar-refractivity contribution in [3.8, 4) is 12.3 Å². The molecule has 2 heterocycles. The molecule has 0 bridgehead atoms. The lowest BCUT2D eigenvalue weighted by Crippen LogP contribution is -2.32. The summed E-state index contributed by atoms with van der Waals surface area (Å²) in [6.45, 7) is 1.64. The molecular weight excluding hydrogens is 206 g/mol. The number of furan rings is 1. The third-order valence-electron chi connectivity index (χ3n) is 2.84. The van der Waals surface area contributed by atoms with Gasteiger partial charge in [0.2, 0.25) is 5.76 Å². The second-order valence-electron chi connectivity index (χ2n) is 3.87. The van der Waals surface area contributed by atoms with Crippen LogP contribution < -0.4 is 4.90 Å². The Bertz CT molecular complexity index is 422. The molecule has 0 spiro atoms. The van der Waals surface area contributed by atoms with Crippen LogP contribution in [0.15, 0.2) is 16.5 Å². The molecule has 1 saturated heterocycles. The summed E-state index contributed by atoms with van der Waals surface area (Å²) in [5, 5.41) is 8.74. The molecule has 0 unspecified atom stereocenters. The van der Waals surface area contributed by atoms with Crippen LogP contribution >= 0.6 is 0 Å². The van der Waals surface area contributed by atoms with E-state index in [-0.39, 0.29) is 5.76 Å². The first-order valence-electron chi connectivity index (χ1n) is 5.25. The summed E-state index contributed by atoms with van der Waals surface area (Å²) in [7, 11) is 0. The number of piperidine rings is 1. The largest absolute Gasteiger partial charge is 0.475 e. The van der Waals surface area contributed by atoms with Crippen LogP contribution in [0, 0.1) is 18.3 Å². The zero-order chi connectivity index (χ0) is 11.5. The minimum absolute atomic E-state index is 0.0194. The fraction of sp³-hybridized carbons (Fsp3) is 0.417. The van der Waals surface area contributed by atoms with Crippen molar-refractivity contribution < 1.29 is 14.3 Å². The average molecular weight is 219 g/mol. The Labute approximate surface area is 93.9 Å². The van der Waals surface area contributed by atoms with Gasteiger partial charge in [-0.1, -0.05) is 0 Å². The molecule has 0 atom stereocenters. The SMILES string of the molecule is C#CC1CCN(c2ccc(C(=O)O)o2)CC1. The van der Waals surface area contributed by atoms with Crippen molar-refractivity contribution in [2.24, 2.45) is 5.92 Å². The highest BCUT2D eigenvalue weighted by molar-refractivity contribution is 5.84. The van der Waals surface area contributed by atoms with Gasteiger partial charge in [-0.2, -0.15) is 0 Å². The maximum absolute atomic E-state index is 10.7. The number of carboxylic acids is 1. The van der Waals surface area contributed by atoms with Gasteiger partial charge in [-0.25, -0.2) is 4.79 Å². The molecule has 0 amide bonds. The molecular formula is C12H13NO3. The van der Waals surface area contributed by atoms with Crippen LogP contribution in [0.1, 0.15) is 23.4 Å². The summed E-state index contributed by atoms with van der Waals surface area (Å²) in [4.78, 5) is 12.7. The van der Waals surface area contributed by atoms with Crippen LogP contribution in [-0.4, -0.2) is 24.2 Å². The van der Waals surface area contributed by atoms with E-state index in [1.807, 2.05) is 4.90 Å². The van der Waals surface area contributed by atoms with Crippen LogP contribution in [0.3, 0.4) is 0 Å². The van der Waals surface area contributed by atoms with Gasteiger partial charge >= 0.3 is 5.97 Å². The van der Waals surface area contributed by atoms with Crippen molar-refractivity contribution in [3.63, 3.8) is 0 Å². The Morgan fingerprint density at radius 1 is 1.50 bits per heavy atom. The fourth-order valence-corrected chi connectivity index (χ4v) is 1.88. The molecule has 16 heavy (non-hydrogen) atoms. The van der Waals surface area contributed by atoms with Gasteiger partial charge in [0.15, 0.2) is 5.88 Å². The first-order valence-corrected chi connectivity index (χ1v) is 5.25. The van der Waals surface area contributed by atoms with Gasteiger partial charge < -0.3 is 14.4 Å². The quantitative estimate of drug-likeness (QED) is 0.771. The molecule has 1 aliphatic rings. The Morgan fingerprint density at radius 2 is 2.19 bits per heavy atom. The van der Waals surface area contributed by atoms with Gasteiger partial charge in [0.25, 0.3) is 0 Å². The lowest BCUT2D eigenvalue weighted by Gasteiger charge is -2.29. The monoisotopic (exact) mass is 219 g/mol. The van der Waals surface area contributed by atoms with E-state index in [1.165, 1.54) is 6.07 Å². The molecule has 0 saturated carbocycles. The van der Waals surface area contributed by atoms with Crippen molar-refractivity contribution in [2.45, 2.75) is 12.8 Å². The number of hydrogen-bond donors (Lipinski definition) is 1. The fourth-order valence-electron chi connectivity index (χ4n) is 1.88. The van der Waals surface area contributed by atoms with Crippen LogP contribution in [0.25, 0.3) is 0 Å². The van der Waals surface area contributed by atoms with Gasteiger partial charge in [-0.3, -0.25) is 0 Å². The van der Waals surface area contributed by atoms with Gasteiger partial charge in [0, 0.05) is 25.1 Å². The number of terminal acetylenes is 1. The topological polar surface area (TPSA) is 53.7 Å². The van der Waals surface area contributed by atoms with E-state index >= 15 is 0 Å². The van der Waals surface area contributed by atoms with Crippen molar-refractivity contribution in [2.75, 3.05) is 18.0 Å². The lowest BCUT2D eigenvalue weighted by atomic mass is 9.98. The van der Waals surface area contributed by atoms with Gasteiger partial charge in [0.1, 0.15) is 0 Å². The van der Waals surface area contributed by atoms with Crippen molar-refractivity contribution >= 4 is 11.9 Å². The summed E-state index contributed by atoms with van der Waals surface area (Å²) in [6.07, 6.45) is 7.22. The van der Waals surface area contributed by atoms with Crippen LogP contribution in [0.2, 0.25) is 0 Å². The summed E-state index contributed by atoms with van der Waals surface area (Å²) < 4.78 is 5.23. The van der Waals surface area contributed by atoms with E-state index < -0.39 is 5.97 Å². The summed E-state index contributed by atoms with van der Waals surface area (Å²) >= 11 is 0. The maximum atomic E-state index is 10.7. The van der Waals surface area contributed by atoms with E-state index in [0.29, 0.717) is 11.8 Å². The van der Waals surface area contributed by atoms with Gasteiger partial charge in [-0.05, 0) is 18.9 Å². The number of rotatable bonds is 2. The lowest BCUT2D eigenvalue weighted by molar-refractivity contribution is 0.0663. The second kappa shape index (κ2) is 4.31. The second-order valence-corrected chi connectivity index (χ2v) is 3.87. The highest BCUT2D eigenvalue weighted by atomic mass is 16.4. The molecule has 4 heteroatoms. The van der Waals surface area contributed by atoms with E-state index in [4.69, 9.17) is 15.9 Å². The highest BCUT2D eigenvalue weighted by Crippen LogP contribution is 2.24. The third-order valence-corrected chi connectivity index (χ3v) is 2.84. The molecule has 1 N–H and O–H groups in total. The van der Waals surface area contributed by atoms with Crippen molar-refractivity contribution in [3.05, 3.63) is 17.9 Å². The normalized spacial score (nSPS) is 17.1. The first-order chi connectivity index (χ1) is 7.70. The Morgan fingerprint density at radius 3 is 2.69 bits per heavy atom. The van der Waals surface area contributed by atoms with E-state index in [9.17, 15) is 4.79 Å². The van der Waals surface area contributed by atoms with Crippen LogP contribution in [-0.2, 0) is 0 Å². The molecule has 0 aliphatic carbocycles. The molecule has 1 aromatic heterocycles. The summed E-state index contributed by atoms with van der Waals surface area (Å²) in [5.41, 5.74) is 0. The maximum Gasteiger partial charge on any atom is 0.371 e. The Hall–Kier alpha value is -1.89. The minimum atomic E-state index is -1.04. The summed E-state index contributed by atoms with van der Waals surface area (Å²) in [5.74, 6) is 2.65. The minimum Gasteiger partial charge on any atom is -0.475 e. The Balaban J connectivity index is 2.03. The van der Waals surface area contributed by atoms with Crippen LogP contribution in [0.4, 0.5) is 5.88 Å². The molecule has 1 aromatic rings. The number of carbonyl (C=O) groups is 1. The molecule has 1 fully saturated rings. The third kappa shape index (κ3) is 2.03. The standard InChI is InChI=1S/C12H13NO3/c1-2-9-5-7-13(8-6-9)11-4-3-10(16-11)12(14)15/h1,3-4,9H,5-8H2,(H,14,15). The summed E-state index contributed by atoms with van der Waals surface area (Å²) in [6, 6.07) is 3.17. The van der Waals surface area contributed by atoms with Crippen molar-refractivity contribution in [1.82, 2.24) is 0 Å². The average Bonchev–Trinajstić information content (AvgIpc) is 2.78. The molecule has 0 radical (unpaired) electrons. The molecule has 1 aliphatic heterocycles. The zero-order valence-electron chi connectivity index (χ0n) is 8.85. The Kier molecular flexibility index (Phi) is 2.86. The van der Waals surface area contributed by atoms with Crippen molar-refractivity contribution in [1.29, 1.82) is 0 Å². The number of carboxylic acid groups (broad SMARTS) is 1. The van der Waals surface area contributed by atoms with E-state index in [1.54, 1.807) is 6.07 Å². The predicted molar refractivity (Wildman–Crippen MR) is 59.4 cm³/mol. The first kappa shape index (κ1) is 10.6. The van der Waals surface area contributed by atoms with Gasteiger partial charge in [0.05, 0.1) is 0 Å². The predicted octanol–water partition coefficient (Wildman–Crippen LogP) is 1.83. The van der Waals surface area contributed by atoms with E-state index in [2.05, 4.69) is 5.92 Å².